The molecule has 2 fully saturated rings. The minimum atomic E-state index is 0.106. The number of rotatable bonds is 5. The molecule has 0 N–H and O–H groups in total. The van der Waals surface area contributed by atoms with Crippen molar-refractivity contribution in [3.63, 3.8) is 0 Å². The van der Waals surface area contributed by atoms with Crippen molar-refractivity contribution in [3.8, 4) is 0 Å². The van der Waals surface area contributed by atoms with Crippen LogP contribution in [0.3, 0.4) is 0 Å². The number of anilines is 2. The molecule has 2 aliphatic heterocycles. The highest BCUT2D eigenvalue weighted by Crippen LogP contribution is 2.23. The van der Waals surface area contributed by atoms with Crippen LogP contribution in [0, 0.1) is 6.92 Å². The van der Waals surface area contributed by atoms with E-state index < -0.39 is 0 Å². The molecule has 0 unspecified atom stereocenters. The van der Waals surface area contributed by atoms with E-state index in [0.29, 0.717) is 12.8 Å². The first-order valence-corrected chi connectivity index (χ1v) is 11.0. The maximum atomic E-state index is 13.0. The van der Waals surface area contributed by atoms with E-state index in [0.717, 1.165) is 62.7 Å². The average Bonchev–Trinajstić information content (AvgIpc) is 3.20. The lowest BCUT2D eigenvalue weighted by molar-refractivity contribution is 0.0746. The van der Waals surface area contributed by atoms with Gasteiger partial charge in [-0.1, -0.05) is 19.4 Å². The van der Waals surface area contributed by atoms with E-state index in [1.807, 2.05) is 35.4 Å². The average molecular weight is 409 g/mol. The molecule has 1 aromatic heterocycles. The van der Waals surface area contributed by atoms with Gasteiger partial charge in [0.2, 0.25) is 0 Å². The van der Waals surface area contributed by atoms with E-state index in [4.69, 9.17) is 9.72 Å². The fourth-order valence-electron chi connectivity index (χ4n) is 4.35. The SMILES string of the molecule is CCCc1cnc(N2CCN(C(=O)c3ccc(N4COC[C@H]4C)cc3)CC2)c(C)c1. The maximum absolute atomic E-state index is 13.0. The maximum Gasteiger partial charge on any atom is 0.253 e. The first kappa shape index (κ1) is 20.7. The number of aromatic nitrogens is 1. The second kappa shape index (κ2) is 9.04. The van der Waals surface area contributed by atoms with Gasteiger partial charge in [0.05, 0.1) is 12.6 Å². The van der Waals surface area contributed by atoms with E-state index in [2.05, 4.69) is 36.6 Å². The van der Waals surface area contributed by atoms with Crippen LogP contribution in [0.5, 0.6) is 0 Å². The van der Waals surface area contributed by atoms with Gasteiger partial charge >= 0.3 is 0 Å². The molecule has 6 nitrogen and oxygen atoms in total. The third-order valence-electron chi connectivity index (χ3n) is 6.08. The van der Waals surface area contributed by atoms with E-state index in [9.17, 15) is 4.79 Å². The Hall–Kier alpha value is -2.60. The molecule has 3 heterocycles. The zero-order chi connectivity index (χ0) is 21.1. The molecule has 30 heavy (non-hydrogen) atoms. The molecule has 1 amide bonds. The topological polar surface area (TPSA) is 48.9 Å². The standard InChI is InChI=1S/C24H32N4O2/c1-4-5-20-14-18(2)23(25-15-20)26-10-12-27(13-11-26)24(29)21-6-8-22(9-7-21)28-17-30-16-19(28)3/h6-9,14-15,19H,4-5,10-13,16-17H2,1-3H3/t19-/m1/s1. The lowest BCUT2D eigenvalue weighted by atomic mass is 10.1. The van der Waals surface area contributed by atoms with Gasteiger partial charge in [-0.3, -0.25) is 4.79 Å². The third-order valence-corrected chi connectivity index (χ3v) is 6.08. The Kier molecular flexibility index (Phi) is 6.23. The molecule has 2 aromatic rings. The number of pyridine rings is 1. The van der Waals surface area contributed by atoms with Gasteiger partial charge in [0.25, 0.3) is 5.91 Å². The van der Waals surface area contributed by atoms with E-state index in [1.165, 1.54) is 11.1 Å². The molecule has 160 valence electrons. The summed E-state index contributed by atoms with van der Waals surface area (Å²) in [7, 11) is 0. The third kappa shape index (κ3) is 4.29. The summed E-state index contributed by atoms with van der Waals surface area (Å²) >= 11 is 0. The molecule has 1 aromatic carbocycles. The predicted octanol–water partition coefficient (Wildman–Crippen LogP) is 3.49. The number of aryl methyl sites for hydroxylation is 2. The number of carbonyl (C=O) groups excluding carboxylic acids is 1. The smallest absolute Gasteiger partial charge is 0.253 e. The monoisotopic (exact) mass is 408 g/mol. The molecular formula is C24H32N4O2. The zero-order valence-electron chi connectivity index (χ0n) is 18.3. The van der Waals surface area contributed by atoms with Crippen LogP contribution in [0.25, 0.3) is 0 Å². The summed E-state index contributed by atoms with van der Waals surface area (Å²) in [5.41, 5.74) is 4.37. The Morgan fingerprint density at radius 3 is 2.50 bits per heavy atom. The van der Waals surface area contributed by atoms with Crippen LogP contribution in [0.4, 0.5) is 11.5 Å². The van der Waals surface area contributed by atoms with Crippen LogP contribution in [-0.2, 0) is 11.2 Å². The molecule has 0 aliphatic carbocycles. The Labute approximate surface area is 179 Å². The summed E-state index contributed by atoms with van der Waals surface area (Å²) in [4.78, 5) is 24.2. The lowest BCUT2D eigenvalue weighted by Gasteiger charge is -2.36. The van der Waals surface area contributed by atoms with Crippen LogP contribution < -0.4 is 9.80 Å². The largest absolute Gasteiger partial charge is 0.359 e. The molecule has 2 saturated heterocycles. The summed E-state index contributed by atoms with van der Waals surface area (Å²) in [6, 6.07) is 10.5. The number of benzene rings is 1. The van der Waals surface area contributed by atoms with Crippen molar-refractivity contribution < 1.29 is 9.53 Å². The van der Waals surface area contributed by atoms with Crippen LogP contribution in [0.1, 0.15) is 41.8 Å². The second-order valence-corrected chi connectivity index (χ2v) is 8.38. The number of carbonyl (C=O) groups is 1. The predicted molar refractivity (Wildman–Crippen MR) is 120 cm³/mol. The highest BCUT2D eigenvalue weighted by Gasteiger charge is 2.25. The highest BCUT2D eigenvalue weighted by molar-refractivity contribution is 5.94. The van der Waals surface area contributed by atoms with Crippen molar-refractivity contribution in [2.75, 3.05) is 49.3 Å². The van der Waals surface area contributed by atoms with Crippen LogP contribution in [0.2, 0.25) is 0 Å². The lowest BCUT2D eigenvalue weighted by Crippen LogP contribution is -2.49. The Morgan fingerprint density at radius 2 is 1.90 bits per heavy atom. The Morgan fingerprint density at radius 1 is 1.17 bits per heavy atom. The van der Waals surface area contributed by atoms with Gasteiger partial charge < -0.3 is 19.4 Å². The van der Waals surface area contributed by atoms with Gasteiger partial charge in [-0.15, -0.1) is 0 Å². The quantitative estimate of drug-likeness (QED) is 0.758. The fourth-order valence-corrected chi connectivity index (χ4v) is 4.35. The normalized spacial score (nSPS) is 19.4. The summed E-state index contributed by atoms with van der Waals surface area (Å²) in [6.45, 7) is 10.9. The van der Waals surface area contributed by atoms with Crippen molar-refractivity contribution in [3.05, 3.63) is 53.2 Å². The van der Waals surface area contributed by atoms with E-state index >= 15 is 0 Å². The number of ether oxygens (including phenoxy) is 1. The van der Waals surface area contributed by atoms with Gasteiger partial charge in [0.1, 0.15) is 12.5 Å². The zero-order valence-corrected chi connectivity index (χ0v) is 18.3. The van der Waals surface area contributed by atoms with Crippen molar-refractivity contribution in [2.45, 2.75) is 39.7 Å². The highest BCUT2D eigenvalue weighted by atomic mass is 16.5. The summed E-state index contributed by atoms with van der Waals surface area (Å²) in [6.07, 6.45) is 4.20. The van der Waals surface area contributed by atoms with Gasteiger partial charge in [-0.25, -0.2) is 4.98 Å². The van der Waals surface area contributed by atoms with Crippen LogP contribution in [-0.4, -0.2) is 61.3 Å². The summed E-state index contributed by atoms with van der Waals surface area (Å²) in [5.74, 6) is 1.16. The molecule has 0 saturated carbocycles. The van der Waals surface area contributed by atoms with Crippen LogP contribution >= 0.6 is 0 Å². The van der Waals surface area contributed by atoms with Gasteiger partial charge in [-0.05, 0) is 55.7 Å². The minimum absolute atomic E-state index is 0.106. The summed E-state index contributed by atoms with van der Waals surface area (Å²) < 4.78 is 5.51. The Bertz CT molecular complexity index is 875. The second-order valence-electron chi connectivity index (χ2n) is 8.38. The van der Waals surface area contributed by atoms with Crippen molar-refractivity contribution >= 4 is 17.4 Å². The van der Waals surface area contributed by atoms with E-state index in [1.54, 1.807) is 0 Å². The molecule has 6 heteroatoms. The molecular weight excluding hydrogens is 376 g/mol. The number of amides is 1. The Balaban J connectivity index is 1.36. The minimum Gasteiger partial charge on any atom is -0.359 e. The van der Waals surface area contributed by atoms with Crippen molar-refractivity contribution in [2.24, 2.45) is 0 Å². The van der Waals surface area contributed by atoms with Gasteiger partial charge in [0.15, 0.2) is 0 Å². The number of hydrogen-bond acceptors (Lipinski definition) is 5. The number of piperazine rings is 1. The fraction of sp³-hybridized carbons (Fsp3) is 0.500. The molecule has 0 spiro atoms. The van der Waals surface area contributed by atoms with Gasteiger partial charge in [-0.2, -0.15) is 0 Å². The molecule has 0 radical (unpaired) electrons. The van der Waals surface area contributed by atoms with E-state index in [-0.39, 0.29) is 5.91 Å². The van der Waals surface area contributed by atoms with Crippen molar-refractivity contribution in [1.29, 1.82) is 0 Å². The number of nitrogens with zero attached hydrogens (tertiary/aromatic N) is 4. The first-order chi connectivity index (χ1) is 14.6. The summed E-state index contributed by atoms with van der Waals surface area (Å²) in [5, 5.41) is 0. The molecule has 4 rings (SSSR count). The van der Waals surface area contributed by atoms with Crippen molar-refractivity contribution in [1.82, 2.24) is 9.88 Å². The van der Waals surface area contributed by atoms with Crippen LogP contribution in [0.15, 0.2) is 36.5 Å². The first-order valence-electron chi connectivity index (χ1n) is 11.0. The molecule has 1 atom stereocenters. The van der Waals surface area contributed by atoms with Gasteiger partial charge in [0, 0.05) is 43.6 Å². The molecule has 0 bridgehead atoms. The number of hydrogen-bond donors (Lipinski definition) is 0. The molecule has 2 aliphatic rings.